The average Bonchev–Trinajstić information content (AvgIpc) is 2.53. The van der Waals surface area contributed by atoms with Crippen molar-refractivity contribution in [1.29, 1.82) is 0 Å². The molecule has 0 atom stereocenters. The van der Waals surface area contributed by atoms with Crippen LogP contribution in [0, 0.1) is 0 Å². The first kappa shape index (κ1) is 12.9. The van der Waals surface area contributed by atoms with Crippen LogP contribution in [0.15, 0.2) is 27.5 Å². The Balaban J connectivity index is 2.55. The highest BCUT2D eigenvalue weighted by Crippen LogP contribution is 2.18. The number of aromatic amines is 1. The minimum Gasteiger partial charge on any atom is -0.442 e. The van der Waals surface area contributed by atoms with E-state index in [0.717, 1.165) is 9.15 Å². The number of fused-ring (bicyclic) bond motifs is 1. The highest BCUT2D eigenvalue weighted by atomic mass is 79.9. The zero-order valence-corrected chi connectivity index (χ0v) is 11.9. The fraction of sp³-hybridized carbons (Fsp3) is 0.333. The van der Waals surface area contributed by atoms with Crippen LogP contribution >= 0.6 is 15.9 Å². The van der Waals surface area contributed by atoms with Crippen molar-refractivity contribution in [2.24, 2.45) is 0 Å². The van der Waals surface area contributed by atoms with E-state index in [9.17, 15) is 9.59 Å². The van der Waals surface area contributed by atoms with Gasteiger partial charge in [-0.3, -0.25) is 9.89 Å². The molecule has 0 saturated carbocycles. The predicted octanol–water partition coefficient (Wildman–Crippen LogP) is 2.88. The summed E-state index contributed by atoms with van der Waals surface area (Å²) in [4.78, 5) is 23.6. The Morgan fingerprint density at radius 3 is 2.67 bits per heavy atom. The lowest BCUT2D eigenvalue weighted by Gasteiger charge is -2.19. The Kier molecular flexibility index (Phi) is 3.06. The largest absolute Gasteiger partial charge is 0.442 e. The molecular formula is C12H13BrN2O3. The van der Waals surface area contributed by atoms with Gasteiger partial charge in [0.25, 0.3) is 5.56 Å². The summed E-state index contributed by atoms with van der Waals surface area (Å²) in [5.74, 6) is 0. The number of nitrogens with zero attached hydrogens (tertiary/aromatic N) is 1. The Morgan fingerprint density at radius 1 is 1.39 bits per heavy atom. The lowest BCUT2D eigenvalue weighted by atomic mass is 10.2. The molecule has 2 rings (SSSR count). The SMILES string of the molecule is CC(C)(C)OC(=O)n1[nH]c(=O)c2ccc(Br)cc21. The summed E-state index contributed by atoms with van der Waals surface area (Å²) in [6.45, 7) is 5.31. The second-order valence-electron chi connectivity index (χ2n) is 4.92. The van der Waals surface area contributed by atoms with Gasteiger partial charge in [0, 0.05) is 4.47 Å². The van der Waals surface area contributed by atoms with E-state index in [-0.39, 0.29) is 5.56 Å². The second-order valence-corrected chi connectivity index (χ2v) is 5.83. The minimum absolute atomic E-state index is 0.316. The molecule has 96 valence electrons. The molecule has 1 N–H and O–H groups in total. The fourth-order valence-corrected chi connectivity index (χ4v) is 1.90. The van der Waals surface area contributed by atoms with E-state index in [0.29, 0.717) is 10.9 Å². The van der Waals surface area contributed by atoms with E-state index in [4.69, 9.17) is 4.74 Å². The van der Waals surface area contributed by atoms with E-state index in [1.807, 2.05) is 0 Å². The summed E-state index contributed by atoms with van der Waals surface area (Å²) in [7, 11) is 0. The van der Waals surface area contributed by atoms with Crippen LogP contribution < -0.4 is 5.56 Å². The maximum absolute atomic E-state index is 12.0. The lowest BCUT2D eigenvalue weighted by Crippen LogP contribution is -2.28. The molecule has 2 aromatic rings. The molecule has 0 saturated heterocycles. The molecule has 6 heteroatoms. The number of hydrogen-bond donors (Lipinski definition) is 1. The van der Waals surface area contributed by atoms with Crippen molar-refractivity contribution in [3.63, 3.8) is 0 Å². The third-order valence-electron chi connectivity index (χ3n) is 2.23. The summed E-state index contributed by atoms with van der Waals surface area (Å²) in [5, 5.41) is 2.92. The standard InChI is InChI=1S/C12H13BrN2O3/c1-12(2,3)18-11(17)15-9-6-7(13)4-5-8(9)10(16)14-15/h4-6H,1-3H3,(H,14,16). The molecule has 0 fully saturated rings. The maximum atomic E-state index is 12.0. The molecule has 0 radical (unpaired) electrons. The Morgan fingerprint density at radius 2 is 2.06 bits per heavy atom. The van der Waals surface area contributed by atoms with Crippen molar-refractivity contribution in [2.45, 2.75) is 26.4 Å². The number of carbonyl (C=O) groups is 1. The van der Waals surface area contributed by atoms with E-state index in [1.54, 1.807) is 39.0 Å². The Labute approximate surface area is 112 Å². The van der Waals surface area contributed by atoms with Crippen molar-refractivity contribution in [3.8, 4) is 0 Å². The van der Waals surface area contributed by atoms with Crippen molar-refractivity contribution >= 4 is 32.9 Å². The van der Waals surface area contributed by atoms with Gasteiger partial charge in [-0.25, -0.2) is 4.79 Å². The van der Waals surface area contributed by atoms with Gasteiger partial charge in [0.15, 0.2) is 0 Å². The Bertz CT molecular complexity index is 664. The first-order valence-electron chi connectivity index (χ1n) is 5.41. The molecule has 0 bridgehead atoms. The minimum atomic E-state index is -0.615. The van der Waals surface area contributed by atoms with E-state index >= 15 is 0 Å². The van der Waals surface area contributed by atoms with Crippen LogP contribution in [0.4, 0.5) is 4.79 Å². The summed E-state index contributed by atoms with van der Waals surface area (Å²) in [6.07, 6.45) is -0.604. The topological polar surface area (TPSA) is 64.1 Å². The zero-order valence-electron chi connectivity index (χ0n) is 10.3. The van der Waals surface area contributed by atoms with Crippen LogP contribution in [-0.2, 0) is 4.74 Å². The Hall–Kier alpha value is -1.56. The number of carbonyl (C=O) groups excluding carboxylic acids is 1. The van der Waals surface area contributed by atoms with Gasteiger partial charge >= 0.3 is 6.09 Å². The number of H-pyrrole nitrogens is 1. The molecule has 0 aliphatic carbocycles. The van der Waals surface area contributed by atoms with Crippen molar-refractivity contribution in [3.05, 3.63) is 33.0 Å². The molecule has 0 amide bonds. The van der Waals surface area contributed by atoms with Gasteiger partial charge in [0.1, 0.15) is 5.60 Å². The van der Waals surface area contributed by atoms with Crippen molar-refractivity contribution in [2.75, 3.05) is 0 Å². The van der Waals surface area contributed by atoms with Gasteiger partial charge in [-0.2, -0.15) is 4.68 Å². The number of ether oxygens (including phenoxy) is 1. The summed E-state index contributed by atoms with van der Waals surface area (Å²) >= 11 is 3.30. The summed E-state index contributed by atoms with van der Waals surface area (Å²) < 4.78 is 7.13. The first-order valence-corrected chi connectivity index (χ1v) is 6.21. The van der Waals surface area contributed by atoms with Crippen molar-refractivity contribution in [1.82, 2.24) is 9.78 Å². The van der Waals surface area contributed by atoms with Gasteiger partial charge in [-0.05, 0) is 39.0 Å². The first-order chi connectivity index (χ1) is 8.28. The second kappa shape index (κ2) is 4.28. The van der Waals surface area contributed by atoms with E-state index < -0.39 is 11.7 Å². The molecule has 1 aromatic heterocycles. The van der Waals surface area contributed by atoms with Crippen LogP contribution in [-0.4, -0.2) is 21.5 Å². The van der Waals surface area contributed by atoms with E-state index in [2.05, 4.69) is 21.0 Å². The van der Waals surface area contributed by atoms with Crippen LogP contribution in [0.2, 0.25) is 0 Å². The number of nitrogens with one attached hydrogen (secondary N) is 1. The molecule has 0 spiro atoms. The normalized spacial score (nSPS) is 11.8. The van der Waals surface area contributed by atoms with Crippen LogP contribution in [0.3, 0.4) is 0 Å². The van der Waals surface area contributed by atoms with Crippen LogP contribution in [0.1, 0.15) is 20.8 Å². The molecule has 0 aliphatic rings. The van der Waals surface area contributed by atoms with Gasteiger partial charge in [-0.15, -0.1) is 0 Å². The van der Waals surface area contributed by atoms with Crippen LogP contribution in [0.25, 0.3) is 10.9 Å². The highest BCUT2D eigenvalue weighted by Gasteiger charge is 2.20. The lowest BCUT2D eigenvalue weighted by molar-refractivity contribution is 0.0522. The van der Waals surface area contributed by atoms with Gasteiger partial charge in [0.05, 0.1) is 10.9 Å². The molecule has 5 nitrogen and oxygen atoms in total. The third kappa shape index (κ3) is 2.48. The maximum Gasteiger partial charge on any atom is 0.434 e. The predicted molar refractivity (Wildman–Crippen MR) is 71.9 cm³/mol. The fourth-order valence-electron chi connectivity index (χ4n) is 1.56. The number of benzene rings is 1. The molecule has 1 aromatic carbocycles. The van der Waals surface area contributed by atoms with E-state index in [1.165, 1.54) is 0 Å². The summed E-state index contributed by atoms with van der Waals surface area (Å²) in [5.41, 5.74) is -0.441. The van der Waals surface area contributed by atoms with Crippen LogP contribution in [0.5, 0.6) is 0 Å². The molecule has 0 unspecified atom stereocenters. The summed E-state index contributed by atoms with van der Waals surface area (Å²) in [6, 6.07) is 5.09. The number of hydrogen-bond acceptors (Lipinski definition) is 3. The quantitative estimate of drug-likeness (QED) is 0.813. The molecule has 0 aliphatic heterocycles. The number of rotatable bonds is 0. The average molecular weight is 313 g/mol. The number of aromatic nitrogens is 2. The third-order valence-corrected chi connectivity index (χ3v) is 2.73. The zero-order chi connectivity index (χ0) is 13.5. The highest BCUT2D eigenvalue weighted by molar-refractivity contribution is 9.10. The van der Waals surface area contributed by atoms with Gasteiger partial charge < -0.3 is 4.74 Å². The van der Waals surface area contributed by atoms with Gasteiger partial charge in [-0.1, -0.05) is 15.9 Å². The smallest absolute Gasteiger partial charge is 0.434 e. The molecule has 1 heterocycles. The monoisotopic (exact) mass is 312 g/mol. The van der Waals surface area contributed by atoms with Gasteiger partial charge in [0.2, 0.25) is 0 Å². The molecular weight excluding hydrogens is 300 g/mol. The molecule has 18 heavy (non-hydrogen) atoms. The number of halogens is 1. The van der Waals surface area contributed by atoms with Crippen molar-refractivity contribution < 1.29 is 9.53 Å².